The van der Waals surface area contributed by atoms with E-state index in [0.717, 1.165) is 11.3 Å². The summed E-state index contributed by atoms with van der Waals surface area (Å²) in [6, 6.07) is 15.6. The minimum atomic E-state index is -4.11. The minimum Gasteiger partial charge on any atom is -0.496 e. The number of ether oxygens (including phenoxy) is 1. The van der Waals surface area contributed by atoms with E-state index in [0.29, 0.717) is 40.0 Å². The van der Waals surface area contributed by atoms with Gasteiger partial charge in [-0.25, -0.2) is 31.3 Å². The Morgan fingerprint density at radius 1 is 0.898 bits per heavy atom. The lowest BCUT2D eigenvalue weighted by Crippen LogP contribution is -2.58. The molecule has 1 aromatic heterocycles. The molecule has 0 fully saturated rings. The molecule has 4 aromatic rings. The molecule has 0 aliphatic rings. The first-order valence-electron chi connectivity index (χ1n) is 19.1. The third-order valence-electron chi connectivity index (χ3n) is 9.83. The summed E-state index contributed by atoms with van der Waals surface area (Å²) in [6.45, 7) is 8.69. The van der Waals surface area contributed by atoms with Gasteiger partial charge in [0.1, 0.15) is 17.8 Å². The standard InChI is InChI=1S/C41H53N7O8S3/c1-7-26(2)35(46-38(50)33(24-30-15-10-8-11-16-30)47-58(52,53)25-31-17-12-9-13-18-31)39(51)45-32(36(49)40-43-21-22-57-40)19-14-20-44-41(42)48-59(54,55)37-27(3)23-34(56-6)28(4)29(37)5/h8-13,15-18,21-23,26,32-33,35,47H,7,14,19-20,24-25H2,1-6H3,(H,45,51)(H,46,50)(H3,42,44,48)/t26?,32-,33+,35-/m0/s1. The van der Waals surface area contributed by atoms with Crippen LogP contribution >= 0.6 is 11.3 Å². The number of ketones is 1. The Labute approximate surface area is 350 Å². The third-order valence-corrected chi connectivity index (χ3v) is 13.6. The molecule has 3 aromatic carbocycles. The summed E-state index contributed by atoms with van der Waals surface area (Å²) in [6.07, 6.45) is 2.22. The van der Waals surface area contributed by atoms with Crippen molar-refractivity contribution in [2.24, 2.45) is 16.6 Å². The maximum Gasteiger partial charge on any atom is 0.264 e. The molecule has 1 heterocycles. The van der Waals surface area contributed by atoms with E-state index in [9.17, 15) is 31.2 Å². The van der Waals surface area contributed by atoms with Crippen LogP contribution in [0.3, 0.4) is 0 Å². The number of rotatable bonds is 21. The van der Waals surface area contributed by atoms with Gasteiger partial charge < -0.3 is 21.1 Å². The maximum absolute atomic E-state index is 14.1. The van der Waals surface area contributed by atoms with Crippen LogP contribution in [0.1, 0.15) is 70.7 Å². The Kier molecular flexibility index (Phi) is 16.7. The number of nitrogens with one attached hydrogen (secondary N) is 4. The van der Waals surface area contributed by atoms with Crippen LogP contribution in [0.2, 0.25) is 0 Å². The van der Waals surface area contributed by atoms with Crippen molar-refractivity contribution in [3.63, 3.8) is 0 Å². The summed E-state index contributed by atoms with van der Waals surface area (Å²) in [5.74, 6) is -2.40. The van der Waals surface area contributed by atoms with Crippen LogP contribution < -0.4 is 30.5 Å². The lowest BCUT2D eigenvalue weighted by atomic mass is 9.96. The number of hydrogen-bond acceptors (Lipinski definition) is 11. The van der Waals surface area contributed by atoms with Gasteiger partial charge in [-0.3, -0.25) is 19.4 Å². The van der Waals surface area contributed by atoms with Crippen LogP contribution in [0, 0.1) is 26.7 Å². The molecule has 4 atom stereocenters. The second kappa shape index (κ2) is 21.2. The molecule has 0 aliphatic carbocycles. The first-order chi connectivity index (χ1) is 28.0. The van der Waals surface area contributed by atoms with E-state index in [1.807, 2.05) is 6.92 Å². The zero-order chi connectivity index (χ0) is 43.3. The lowest BCUT2D eigenvalue weighted by molar-refractivity contribution is -0.131. The number of nitrogens with two attached hydrogens (primary N) is 1. The number of benzene rings is 3. The lowest BCUT2D eigenvalue weighted by Gasteiger charge is -2.28. The molecule has 0 aliphatic heterocycles. The number of aliphatic imine (C=N–C) groups is 1. The zero-order valence-corrected chi connectivity index (χ0v) is 36.5. The summed E-state index contributed by atoms with van der Waals surface area (Å²) in [5.41, 5.74) is 8.89. The zero-order valence-electron chi connectivity index (χ0n) is 34.0. The van der Waals surface area contributed by atoms with Crippen LogP contribution in [0.5, 0.6) is 5.75 Å². The quantitative estimate of drug-likeness (QED) is 0.0349. The molecule has 318 valence electrons. The van der Waals surface area contributed by atoms with Crippen molar-refractivity contribution in [2.75, 3.05) is 13.7 Å². The number of amides is 2. The molecule has 2 amide bonds. The summed E-state index contributed by atoms with van der Waals surface area (Å²) < 4.78 is 63.6. The fourth-order valence-electron chi connectivity index (χ4n) is 6.43. The van der Waals surface area contributed by atoms with Gasteiger partial charge in [-0.1, -0.05) is 80.9 Å². The van der Waals surface area contributed by atoms with Gasteiger partial charge in [-0.15, -0.1) is 11.3 Å². The SMILES string of the molecule is CCC(C)[C@H](NC(=O)[C@@H](Cc1ccccc1)NS(=O)(=O)Cc1ccccc1)C(=O)N[C@@H](CCCN=C(N)NS(=O)(=O)c1c(C)cc(OC)c(C)c1C)C(=O)c1nccs1. The molecular weight excluding hydrogens is 815 g/mol. The van der Waals surface area contributed by atoms with Gasteiger partial charge in [0, 0.05) is 18.1 Å². The summed E-state index contributed by atoms with van der Waals surface area (Å²) >= 11 is 1.10. The number of sulfonamides is 2. The van der Waals surface area contributed by atoms with Crippen LogP contribution in [0.15, 0.2) is 88.2 Å². The maximum atomic E-state index is 14.1. The fraction of sp³-hybridized carbons (Fsp3) is 0.390. The second-order valence-electron chi connectivity index (χ2n) is 14.2. The van der Waals surface area contributed by atoms with Crippen LogP contribution in [-0.2, 0) is 41.8 Å². The van der Waals surface area contributed by atoms with Crippen LogP contribution in [-0.4, -0.2) is 77.2 Å². The molecule has 18 heteroatoms. The monoisotopic (exact) mass is 867 g/mol. The average Bonchev–Trinajstić information content (AvgIpc) is 3.74. The number of guanidine groups is 1. The van der Waals surface area contributed by atoms with Gasteiger partial charge in [0.15, 0.2) is 5.01 Å². The van der Waals surface area contributed by atoms with Crippen LogP contribution in [0.4, 0.5) is 0 Å². The molecule has 6 N–H and O–H groups in total. The topological polar surface area (TPSA) is 228 Å². The highest BCUT2D eigenvalue weighted by atomic mass is 32.2. The molecule has 0 bridgehead atoms. The minimum absolute atomic E-state index is 0.00129. The van der Waals surface area contributed by atoms with Gasteiger partial charge in [0.05, 0.1) is 23.8 Å². The number of carbonyl (C=O) groups is 3. The number of nitrogens with zero attached hydrogens (tertiary/aromatic N) is 2. The van der Waals surface area contributed by atoms with Crippen molar-refractivity contribution in [2.45, 2.75) is 89.1 Å². The molecular formula is C41H53N7O8S3. The number of aryl methyl sites for hydroxylation is 1. The highest BCUT2D eigenvalue weighted by molar-refractivity contribution is 7.90. The van der Waals surface area contributed by atoms with Gasteiger partial charge in [0.2, 0.25) is 33.6 Å². The number of Topliss-reactive ketones (excluding diaryl/α,β-unsaturated/α-hetero) is 1. The van der Waals surface area contributed by atoms with Crippen molar-refractivity contribution < 1.29 is 36.0 Å². The number of methoxy groups -OCH3 is 1. The van der Waals surface area contributed by atoms with E-state index >= 15 is 0 Å². The predicted molar refractivity (Wildman–Crippen MR) is 229 cm³/mol. The molecule has 59 heavy (non-hydrogen) atoms. The molecule has 0 spiro atoms. The number of carbonyl (C=O) groups excluding carboxylic acids is 3. The highest BCUT2D eigenvalue weighted by Gasteiger charge is 2.34. The molecule has 1 unspecified atom stereocenters. The van der Waals surface area contributed by atoms with Gasteiger partial charge in [-0.2, -0.15) is 0 Å². The van der Waals surface area contributed by atoms with E-state index in [1.54, 1.807) is 99.8 Å². The molecule has 0 saturated heterocycles. The van der Waals surface area contributed by atoms with E-state index < -0.39 is 61.7 Å². The fourth-order valence-corrected chi connectivity index (χ4v) is 9.88. The smallest absolute Gasteiger partial charge is 0.264 e. The van der Waals surface area contributed by atoms with E-state index in [4.69, 9.17) is 10.5 Å². The molecule has 0 radical (unpaired) electrons. The number of aromatic nitrogens is 1. The molecule has 15 nitrogen and oxygen atoms in total. The average molecular weight is 868 g/mol. The van der Waals surface area contributed by atoms with Crippen molar-refractivity contribution >= 4 is 54.9 Å². The van der Waals surface area contributed by atoms with Crippen LogP contribution in [0.25, 0.3) is 0 Å². The van der Waals surface area contributed by atoms with E-state index in [-0.39, 0.29) is 47.4 Å². The van der Waals surface area contributed by atoms with Gasteiger partial charge in [-0.05, 0) is 79.8 Å². The molecule has 0 saturated carbocycles. The normalized spacial score (nSPS) is 14.1. The third kappa shape index (κ3) is 13.2. The van der Waals surface area contributed by atoms with Crippen molar-refractivity contribution in [1.82, 2.24) is 25.1 Å². The number of hydrogen-bond donors (Lipinski definition) is 5. The van der Waals surface area contributed by atoms with Crippen molar-refractivity contribution in [3.05, 3.63) is 111 Å². The number of thiazole rings is 1. The van der Waals surface area contributed by atoms with Gasteiger partial charge >= 0.3 is 0 Å². The first-order valence-corrected chi connectivity index (χ1v) is 23.1. The summed E-state index contributed by atoms with van der Waals surface area (Å²) in [4.78, 5) is 50.1. The van der Waals surface area contributed by atoms with Crippen molar-refractivity contribution in [1.29, 1.82) is 0 Å². The van der Waals surface area contributed by atoms with E-state index in [1.165, 1.54) is 13.3 Å². The largest absolute Gasteiger partial charge is 0.496 e. The second-order valence-corrected chi connectivity index (χ2v) is 18.5. The van der Waals surface area contributed by atoms with E-state index in [2.05, 4.69) is 30.1 Å². The Morgan fingerprint density at radius 2 is 1.54 bits per heavy atom. The first kappa shape index (κ1) is 46.5. The summed E-state index contributed by atoms with van der Waals surface area (Å²) in [5, 5.41) is 7.36. The Morgan fingerprint density at radius 3 is 2.14 bits per heavy atom. The Bertz CT molecular complexity index is 2310. The molecule has 4 rings (SSSR count). The summed E-state index contributed by atoms with van der Waals surface area (Å²) in [7, 11) is -6.62. The Hall–Kier alpha value is -5.17. The Balaban J connectivity index is 1.50. The predicted octanol–water partition coefficient (Wildman–Crippen LogP) is 4.08. The van der Waals surface area contributed by atoms with Crippen molar-refractivity contribution in [3.8, 4) is 5.75 Å². The van der Waals surface area contributed by atoms with Gasteiger partial charge in [0.25, 0.3) is 10.0 Å². The highest BCUT2D eigenvalue weighted by Crippen LogP contribution is 2.30.